The van der Waals surface area contributed by atoms with Crippen molar-refractivity contribution in [3.8, 4) is 0 Å². The van der Waals surface area contributed by atoms with Crippen molar-refractivity contribution in [2.24, 2.45) is 5.92 Å². The van der Waals surface area contributed by atoms with Crippen molar-refractivity contribution in [1.29, 1.82) is 0 Å². The summed E-state index contributed by atoms with van der Waals surface area (Å²) in [6, 6.07) is 0. The van der Waals surface area contributed by atoms with E-state index >= 15 is 0 Å². The molecule has 0 radical (unpaired) electrons. The molecule has 92 valence electrons. The Morgan fingerprint density at radius 2 is 2.17 bits per heavy atom. The second kappa shape index (κ2) is 4.38. The molecule has 1 fully saturated rings. The number of hydrogen-bond acceptors (Lipinski definition) is 4. The van der Waals surface area contributed by atoms with Gasteiger partial charge in [-0.2, -0.15) is 0 Å². The minimum atomic E-state index is -0.221. The fraction of sp³-hybridized carbons (Fsp3) is 0.538. The van der Waals surface area contributed by atoms with Crippen LogP contribution in [0.3, 0.4) is 0 Å². The van der Waals surface area contributed by atoms with Gasteiger partial charge in [0.2, 0.25) is 0 Å². The van der Waals surface area contributed by atoms with Crippen LogP contribution in [0, 0.1) is 5.92 Å². The van der Waals surface area contributed by atoms with E-state index in [2.05, 4.69) is 0 Å². The predicted molar refractivity (Wildman–Crippen MR) is 60.4 cm³/mol. The fourth-order valence-corrected chi connectivity index (χ4v) is 2.76. The minimum Gasteiger partial charge on any atom is -0.860 e. The summed E-state index contributed by atoms with van der Waals surface area (Å²) in [6.45, 7) is 4.66. The number of nitrogens with zero attached hydrogens (tertiary/aromatic N) is 1. The molecule has 3 rings (SSSR count). The minimum absolute atomic E-state index is 0. The molecule has 0 amide bonds. The third-order valence-corrected chi connectivity index (χ3v) is 3.65. The molecule has 0 aromatic heterocycles. The SMILES string of the molecule is COC1=C[C@H]2C(=C([O-])N3[C@H]2OCC3(C)C)C=C1.[Li+]. The number of ether oxygens (including phenoxy) is 2. The van der Waals surface area contributed by atoms with Crippen LogP contribution >= 0.6 is 0 Å². The van der Waals surface area contributed by atoms with E-state index in [1.807, 2.05) is 37.0 Å². The molecule has 0 bridgehead atoms. The van der Waals surface area contributed by atoms with Crippen molar-refractivity contribution >= 4 is 0 Å². The van der Waals surface area contributed by atoms with E-state index in [4.69, 9.17) is 9.47 Å². The van der Waals surface area contributed by atoms with Crippen molar-refractivity contribution in [2.75, 3.05) is 13.7 Å². The molecule has 2 heterocycles. The Bertz CT molecular complexity index is 453. The Hall–Kier alpha value is -0.823. The molecule has 2 atom stereocenters. The average Bonchev–Trinajstić information content (AvgIpc) is 2.77. The molecule has 0 aromatic rings. The van der Waals surface area contributed by atoms with Crippen LogP contribution in [0.5, 0.6) is 0 Å². The first-order chi connectivity index (χ1) is 8.04. The third-order valence-electron chi connectivity index (χ3n) is 3.65. The maximum absolute atomic E-state index is 12.3. The quantitative estimate of drug-likeness (QED) is 0.486. The zero-order valence-corrected chi connectivity index (χ0v) is 11.3. The molecule has 18 heavy (non-hydrogen) atoms. The zero-order chi connectivity index (χ0) is 12.2. The van der Waals surface area contributed by atoms with Crippen LogP contribution in [0.4, 0.5) is 0 Å². The predicted octanol–water partition coefficient (Wildman–Crippen LogP) is -2.27. The van der Waals surface area contributed by atoms with Crippen LogP contribution in [0.25, 0.3) is 0 Å². The largest absolute Gasteiger partial charge is 1.00 e. The molecular formula is C13H16LiNO3. The van der Waals surface area contributed by atoms with Gasteiger partial charge < -0.3 is 19.5 Å². The van der Waals surface area contributed by atoms with Gasteiger partial charge in [0.1, 0.15) is 12.0 Å². The molecule has 1 aliphatic carbocycles. The summed E-state index contributed by atoms with van der Waals surface area (Å²) in [5.74, 6) is 0.885. The van der Waals surface area contributed by atoms with E-state index in [1.165, 1.54) is 0 Å². The first-order valence-corrected chi connectivity index (χ1v) is 5.80. The Morgan fingerprint density at radius 1 is 1.44 bits per heavy atom. The summed E-state index contributed by atoms with van der Waals surface area (Å²) in [4.78, 5) is 1.85. The molecular weight excluding hydrogens is 225 g/mol. The molecule has 0 spiro atoms. The third kappa shape index (κ3) is 1.71. The summed E-state index contributed by atoms with van der Waals surface area (Å²) < 4.78 is 11.0. The van der Waals surface area contributed by atoms with Crippen LogP contribution in [0.2, 0.25) is 0 Å². The normalized spacial score (nSPS) is 31.7. The van der Waals surface area contributed by atoms with Crippen LogP contribution in [0.15, 0.2) is 35.4 Å². The second-order valence-corrected chi connectivity index (χ2v) is 5.28. The number of fused-ring (bicyclic) bond motifs is 3. The molecule has 3 aliphatic rings. The van der Waals surface area contributed by atoms with Gasteiger partial charge in [0, 0.05) is 0 Å². The average molecular weight is 241 g/mol. The molecule has 0 N–H and O–H groups in total. The van der Waals surface area contributed by atoms with Gasteiger partial charge in [-0.1, -0.05) is 6.08 Å². The van der Waals surface area contributed by atoms with Gasteiger partial charge in [-0.3, -0.25) is 0 Å². The van der Waals surface area contributed by atoms with Crippen molar-refractivity contribution in [2.45, 2.75) is 25.6 Å². The smallest absolute Gasteiger partial charge is 0.860 e. The number of allylic oxidation sites excluding steroid dienone is 2. The Kier molecular flexibility index (Phi) is 3.31. The Balaban J connectivity index is 0.00000120. The topological polar surface area (TPSA) is 44.8 Å². The maximum atomic E-state index is 12.3. The maximum Gasteiger partial charge on any atom is 1.00 e. The first kappa shape index (κ1) is 13.6. The summed E-state index contributed by atoms with van der Waals surface area (Å²) >= 11 is 0. The molecule has 0 aromatic carbocycles. The zero-order valence-electron chi connectivity index (χ0n) is 11.3. The van der Waals surface area contributed by atoms with E-state index in [0.717, 1.165) is 11.3 Å². The summed E-state index contributed by atoms with van der Waals surface area (Å²) in [6.07, 6.45) is 5.49. The van der Waals surface area contributed by atoms with Crippen molar-refractivity contribution in [3.63, 3.8) is 0 Å². The fourth-order valence-electron chi connectivity index (χ4n) is 2.76. The summed E-state index contributed by atoms with van der Waals surface area (Å²) in [5.41, 5.74) is 0.588. The van der Waals surface area contributed by atoms with Crippen LogP contribution in [-0.2, 0) is 9.47 Å². The summed E-state index contributed by atoms with van der Waals surface area (Å²) in [5, 5.41) is 12.3. The van der Waals surface area contributed by atoms with Gasteiger partial charge in [0.25, 0.3) is 0 Å². The Labute approximate surface area is 119 Å². The van der Waals surface area contributed by atoms with Gasteiger partial charge in [-0.25, -0.2) is 0 Å². The molecule has 0 saturated carbocycles. The van der Waals surface area contributed by atoms with Gasteiger partial charge in [0.15, 0.2) is 0 Å². The van der Waals surface area contributed by atoms with E-state index in [9.17, 15) is 5.11 Å². The second-order valence-electron chi connectivity index (χ2n) is 5.28. The summed E-state index contributed by atoms with van der Waals surface area (Å²) in [7, 11) is 1.63. The van der Waals surface area contributed by atoms with E-state index in [0.29, 0.717) is 6.61 Å². The molecule has 1 saturated heterocycles. The van der Waals surface area contributed by atoms with E-state index in [1.54, 1.807) is 7.11 Å². The van der Waals surface area contributed by atoms with Gasteiger partial charge >= 0.3 is 18.9 Å². The molecule has 2 aliphatic heterocycles. The van der Waals surface area contributed by atoms with Crippen LogP contribution in [0.1, 0.15) is 13.8 Å². The number of methoxy groups -OCH3 is 1. The van der Waals surface area contributed by atoms with Gasteiger partial charge in [-0.05, 0) is 37.5 Å². The molecule has 0 unspecified atom stereocenters. The van der Waals surface area contributed by atoms with Crippen molar-refractivity contribution < 1.29 is 33.4 Å². The van der Waals surface area contributed by atoms with Crippen molar-refractivity contribution in [1.82, 2.24) is 4.90 Å². The van der Waals surface area contributed by atoms with Crippen molar-refractivity contribution in [3.05, 3.63) is 35.4 Å². The van der Waals surface area contributed by atoms with E-state index in [-0.39, 0.29) is 42.4 Å². The molecule has 4 nitrogen and oxygen atoms in total. The first-order valence-electron chi connectivity index (χ1n) is 5.80. The monoisotopic (exact) mass is 241 g/mol. The molecule has 5 heteroatoms. The van der Waals surface area contributed by atoms with Gasteiger partial charge in [0.05, 0.1) is 25.2 Å². The standard InChI is InChI=1S/C13H17NO3.Li/c1-13(2)7-17-12-10-6-8(16-3)4-5-9(10)11(15)14(12)13;/h4-6,10,12,15H,7H2,1-3H3;/q;+1/p-1/t10-,12-;/m0./s1. The van der Waals surface area contributed by atoms with Crippen LogP contribution < -0.4 is 24.0 Å². The number of hydrogen-bond donors (Lipinski definition) is 0. The number of rotatable bonds is 1. The van der Waals surface area contributed by atoms with E-state index < -0.39 is 0 Å². The Morgan fingerprint density at radius 3 is 2.83 bits per heavy atom. The van der Waals surface area contributed by atoms with Crippen LogP contribution in [-0.4, -0.2) is 30.4 Å². The van der Waals surface area contributed by atoms with Gasteiger partial charge in [-0.15, -0.1) is 0 Å².